The Labute approximate surface area is 423 Å². The lowest BCUT2D eigenvalue weighted by molar-refractivity contribution is -0.156. The van der Waals surface area contributed by atoms with Crippen molar-refractivity contribution in [1.82, 2.24) is 4.90 Å². The Morgan fingerprint density at radius 3 is 2.17 bits per heavy atom. The predicted molar refractivity (Wildman–Crippen MR) is 281 cm³/mol. The third-order valence-corrected chi connectivity index (χ3v) is 17.8. The van der Waals surface area contributed by atoms with E-state index in [1.54, 1.807) is 0 Å². The molecule has 5 aliphatic rings. The zero-order valence-electron chi connectivity index (χ0n) is 45.4. The summed E-state index contributed by atoms with van der Waals surface area (Å²) in [5, 5.41) is 0. The summed E-state index contributed by atoms with van der Waals surface area (Å²) in [6, 6.07) is 0. The number of esters is 2. The third kappa shape index (κ3) is 19.9. The highest BCUT2D eigenvalue weighted by atomic mass is 16.6. The van der Waals surface area contributed by atoms with Crippen LogP contribution in [0, 0.1) is 46.3 Å². The third-order valence-electron chi connectivity index (χ3n) is 17.8. The van der Waals surface area contributed by atoms with E-state index in [0.717, 1.165) is 101 Å². The molecule has 9 nitrogen and oxygen atoms in total. The van der Waals surface area contributed by atoms with E-state index in [2.05, 4.69) is 64.7 Å². The number of hydrogen-bond acceptors (Lipinski definition) is 9. The molecule has 398 valence electrons. The molecule has 0 N–H and O–H groups in total. The maximum atomic E-state index is 13.0. The Morgan fingerprint density at radius 1 is 0.739 bits per heavy atom. The van der Waals surface area contributed by atoms with Gasteiger partial charge in [0.1, 0.15) is 12.7 Å². The second-order valence-corrected chi connectivity index (χ2v) is 23.4. The molecular formula is C60H105NO8. The number of ether oxygens (including phenoxy) is 6. The van der Waals surface area contributed by atoms with E-state index in [1.807, 2.05) is 0 Å². The molecule has 1 heterocycles. The number of carbonyl (C=O) groups is 2. The number of fused-ring (bicyclic) bond motifs is 5. The quantitative estimate of drug-likeness (QED) is 0.0346. The predicted octanol–water partition coefficient (Wildman–Crippen LogP) is 14.1. The van der Waals surface area contributed by atoms with Crippen LogP contribution in [0.15, 0.2) is 23.8 Å². The second-order valence-electron chi connectivity index (χ2n) is 23.4. The van der Waals surface area contributed by atoms with Crippen LogP contribution in [-0.4, -0.2) is 102 Å². The first-order valence-electron chi connectivity index (χ1n) is 29.3. The smallest absolute Gasteiger partial charge is 0.306 e. The van der Waals surface area contributed by atoms with E-state index in [1.165, 1.54) is 140 Å². The Bertz CT molecular complexity index is 1480. The summed E-state index contributed by atoms with van der Waals surface area (Å²) in [6.45, 7) is 21.5. The van der Waals surface area contributed by atoms with Gasteiger partial charge in [-0.1, -0.05) is 142 Å². The number of unbranched alkanes of at least 4 members (excludes halogenated alkanes) is 12. The molecule has 9 atom stereocenters. The van der Waals surface area contributed by atoms with Crippen molar-refractivity contribution in [2.75, 3.05) is 72.5 Å². The minimum absolute atomic E-state index is 0.0246. The molecular weight excluding hydrogens is 863 g/mol. The van der Waals surface area contributed by atoms with Crippen LogP contribution < -0.4 is 0 Å². The highest BCUT2D eigenvalue weighted by Crippen LogP contribution is 2.67. The number of nitrogens with zero attached hydrogens (tertiary/aromatic N) is 1. The number of rotatable bonds is 36. The fourth-order valence-corrected chi connectivity index (χ4v) is 13.8. The summed E-state index contributed by atoms with van der Waals surface area (Å²) in [4.78, 5) is 27.9. The Balaban J connectivity index is 0.880. The second kappa shape index (κ2) is 32.4. The minimum Gasteiger partial charge on any atom is -0.463 e. The maximum absolute atomic E-state index is 13.0. The first kappa shape index (κ1) is 58.1. The van der Waals surface area contributed by atoms with Crippen molar-refractivity contribution in [3.8, 4) is 0 Å². The molecule has 0 spiro atoms. The fraction of sp³-hybridized carbons (Fsp3) is 0.900. The zero-order chi connectivity index (χ0) is 49.2. The van der Waals surface area contributed by atoms with Gasteiger partial charge < -0.3 is 28.4 Å². The molecule has 4 fully saturated rings. The van der Waals surface area contributed by atoms with Gasteiger partial charge in [0.05, 0.1) is 58.6 Å². The van der Waals surface area contributed by atoms with Crippen molar-refractivity contribution < 1.29 is 38.0 Å². The Morgan fingerprint density at radius 2 is 1.43 bits per heavy atom. The van der Waals surface area contributed by atoms with Gasteiger partial charge in [-0.2, -0.15) is 0 Å². The van der Waals surface area contributed by atoms with Crippen LogP contribution in [0.4, 0.5) is 0 Å². The van der Waals surface area contributed by atoms with Gasteiger partial charge in [0.15, 0.2) is 0 Å². The standard InChI is InChI=1S/C60H105NO8/c1-7-8-9-10-11-12-13-14-15-16-17-18-19-20-21-22-38-66-47-52(46-61-36-39-64-40-37-61)67-43-41-65-42-44-68-57(62)30-31-58(63)69-51-32-34-59(5)50(45-51)26-27-53-55-29-28-54(49(4)25-23-24-48(2)3)60(55,6)35-33-56(53)59/h14-15,26,48-49,51-56H,7-13,16-25,27-47H2,1-6H3/b15-14-/t49?,51?,52?,53?,54?,55-,56?,59?,60?/m1/s1. The van der Waals surface area contributed by atoms with Crippen molar-refractivity contribution in [3.63, 3.8) is 0 Å². The van der Waals surface area contributed by atoms with E-state index < -0.39 is 5.97 Å². The van der Waals surface area contributed by atoms with Gasteiger partial charge in [-0.05, 0) is 123 Å². The molecule has 3 saturated carbocycles. The van der Waals surface area contributed by atoms with E-state index in [4.69, 9.17) is 28.4 Å². The normalized spacial score (nSPS) is 28.0. The van der Waals surface area contributed by atoms with Gasteiger partial charge in [0.2, 0.25) is 0 Å². The molecule has 0 amide bonds. The van der Waals surface area contributed by atoms with Gasteiger partial charge in [-0.25, -0.2) is 0 Å². The molecule has 0 aromatic carbocycles. The summed E-state index contributed by atoms with van der Waals surface area (Å²) in [6.07, 6.45) is 39.2. The summed E-state index contributed by atoms with van der Waals surface area (Å²) in [5.74, 6) is 4.19. The maximum Gasteiger partial charge on any atom is 0.306 e. The highest BCUT2D eigenvalue weighted by Gasteiger charge is 2.59. The summed E-state index contributed by atoms with van der Waals surface area (Å²) in [7, 11) is 0. The van der Waals surface area contributed by atoms with E-state index in [9.17, 15) is 9.59 Å². The molecule has 5 rings (SSSR count). The number of morpholine rings is 1. The number of carbonyl (C=O) groups excluding carboxylic acids is 2. The SMILES string of the molecule is CCCCCCCC/C=C\CCCCCCCCOCC(CN1CCOCC1)OCCOCCOC(=O)CCC(=O)OC1CCC2(C)C(=CCC3C2CCC2(C)C(C(C)CCCC(C)C)CC[C@H]32)C1. The van der Waals surface area contributed by atoms with Crippen LogP contribution in [-0.2, 0) is 38.0 Å². The lowest BCUT2D eigenvalue weighted by Gasteiger charge is -2.58. The largest absolute Gasteiger partial charge is 0.463 e. The molecule has 0 aromatic rings. The molecule has 1 saturated heterocycles. The summed E-state index contributed by atoms with van der Waals surface area (Å²) < 4.78 is 35.1. The van der Waals surface area contributed by atoms with Gasteiger partial charge in [-0.3, -0.25) is 14.5 Å². The van der Waals surface area contributed by atoms with Crippen LogP contribution >= 0.6 is 0 Å². The van der Waals surface area contributed by atoms with Gasteiger partial charge in [-0.15, -0.1) is 0 Å². The van der Waals surface area contributed by atoms with Crippen molar-refractivity contribution >= 4 is 11.9 Å². The lowest BCUT2D eigenvalue weighted by Crippen LogP contribution is -2.51. The van der Waals surface area contributed by atoms with Crippen LogP contribution in [0.1, 0.15) is 215 Å². The molecule has 0 radical (unpaired) electrons. The van der Waals surface area contributed by atoms with Gasteiger partial charge in [0.25, 0.3) is 0 Å². The fourth-order valence-electron chi connectivity index (χ4n) is 13.8. The number of hydrogen-bond donors (Lipinski definition) is 0. The van der Waals surface area contributed by atoms with Crippen LogP contribution in [0.3, 0.4) is 0 Å². The first-order chi connectivity index (χ1) is 33.5. The molecule has 0 bridgehead atoms. The van der Waals surface area contributed by atoms with E-state index in [0.29, 0.717) is 25.2 Å². The van der Waals surface area contributed by atoms with Crippen molar-refractivity contribution in [2.45, 2.75) is 227 Å². The van der Waals surface area contributed by atoms with E-state index in [-0.39, 0.29) is 49.6 Å². The monoisotopic (exact) mass is 968 g/mol. The summed E-state index contributed by atoms with van der Waals surface area (Å²) in [5.41, 5.74) is 2.23. The average molecular weight is 968 g/mol. The molecule has 1 aliphatic heterocycles. The van der Waals surface area contributed by atoms with Crippen LogP contribution in [0.25, 0.3) is 0 Å². The van der Waals surface area contributed by atoms with Gasteiger partial charge in [0, 0.05) is 32.7 Å². The van der Waals surface area contributed by atoms with Crippen LogP contribution in [0.5, 0.6) is 0 Å². The number of allylic oxidation sites excluding steroid dienone is 3. The van der Waals surface area contributed by atoms with Crippen molar-refractivity contribution in [2.24, 2.45) is 46.3 Å². The van der Waals surface area contributed by atoms with Crippen LogP contribution in [0.2, 0.25) is 0 Å². The minimum atomic E-state index is -0.392. The van der Waals surface area contributed by atoms with E-state index >= 15 is 0 Å². The molecule has 4 aliphatic carbocycles. The lowest BCUT2D eigenvalue weighted by atomic mass is 9.47. The zero-order valence-corrected chi connectivity index (χ0v) is 45.4. The average Bonchev–Trinajstić information content (AvgIpc) is 3.70. The van der Waals surface area contributed by atoms with Crippen molar-refractivity contribution in [3.05, 3.63) is 23.8 Å². The molecule has 0 aromatic heterocycles. The molecule has 9 heteroatoms. The Kier molecular flexibility index (Phi) is 27.3. The van der Waals surface area contributed by atoms with Gasteiger partial charge >= 0.3 is 11.9 Å². The Hall–Kier alpha value is -1.78. The molecule has 8 unspecified atom stereocenters. The highest BCUT2D eigenvalue weighted by molar-refractivity contribution is 5.77. The first-order valence-corrected chi connectivity index (χ1v) is 29.3. The molecule has 69 heavy (non-hydrogen) atoms. The van der Waals surface area contributed by atoms with Crippen molar-refractivity contribution in [1.29, 1.82) is 0 Å². The summed E-state index contributed by atoms with van der Waals surface area (Å²) >= 11 is 0. The topological polar surface area (TPSA) is 92.8 Å².